The van der Waals surface area contributed by atoms with Crippen LogP contribution in [0.4, 0.5) is 5.69 Å². The third kappa shape index (κ3) is 2.02. The molecule has 1 aromatic carbocycles. The van der Waals surface area contributed by atoms with Crippen molar-refractivity contribution in [3.05, 3.63) is 28.2 Å². The molecule has 94 valence electrons. The summed E-state index contributed by atoms with van der Waals surface area (Å²) in [5.74, 6) is 0. The van der Waals surface area contributed by atoms with E-state index in [4.69, 9.17) is 5.26 Å². The van der Waals surface area contributed by atoms with Crippen LogP contribution in [-0.2, 0) is 0 Å². The van der Waals surface area contributed by atoms with Gasteiger partial charge in [0.05, 0.1) is 17.3 Å². The van der Waals surface area contributed by atoms with E-state index < -0.39 is 0 Å². The number of hydrogen-bond acceptors (Lipinski definition) is 3. The standard InChI is InChI=1S/C14H16BrN3/c15-12-7-11(8-16)1-2-13(12)18-6-4-14(10-18)3-5-17-9-14/h1-2,7,17H,3-6,9-10H2. The van der Waals surface area contributed by atoms with Crippen molar-refractivity contribution in [2.45, 2.75) is 12.8 Å². The van der Waals surface area contributed by atoms with Crippen molar-refractivity contribution in [1.82, 2.24) is 5.32 Å². The van der Waals surface area contributed by atoms with E-state index in [9.17, 15) is 0 Å². The topological polar surface area (TPSA) is 39.1 Å². The first-order chi connectivity index (χ1) is 8.72. The molecular weight excluding hydrogens is 290 g/mol. The fraction of sp³-hybridized carbons (Fsp3) is 0.500. The van der Waals surface area contributed by atoms with Crippen molar-refractivity contribution >= 4 is 21.6 Å². The summed E-state index contributed by atoms with van der Waals surface area (Å²) in [4.78, 5) is 2.44. The Morgan fingerprint density at radius 1 is 1.39 bits per heavy atom. The average Bonchev–Trinajstić information content (AvgIpc) is 3.00. The average molecular weight is 306 g/mol. The van der Waals surface area contributed by atoms with Crippen LogP contribution in [0.3, 0.4) is 0 Å². The Labute approximate surface area is 116 Å². The zero-order chi connectivity index (χ0) is 12.6. The number of nitriles is 1. The molecule has 4 heteroatoms. The van der Waals surface area contributed by atoms with Crippen LogP contribution in [0.2, 0.25) is 0 Å². The molecule has 1 spiro atoms. The second-order valence-corrected chi connectivity index (χ2v) is 6.23. The number of halogens is 1. The van der Waals surface area contributed by atoms with Gasteiger partial charge in [-0.15, -0.1) is 0 Å². The third-order valence-electron chi connectivity index (χ3n) is 4.19. The largest absolute Gasteiger partial charge is 0.370 e. The van der Waals surface area contributed by atoms with Gasteiger partial charge in [0.25, 0.3) is 0 Å². The molecule has 0 amide bonds. The molecule has 2 fully saturated rings. The highest BCUT2D eigenvalue weighted by molar-refractivity contribution is 9.10. The number of nitrogens with zero attached hydrogens (tertiary/aromatic N) is 2. The second kappa shape index (κ2) is 4.56. The monoisotopic (exact) mass is 305 g/mol. The molecule has 1 N–H and O–H groups in total. The molecule has 0 saturated carbocycles. The predicted octanol–water partition coefficient (Wildman–Crippen LogP) is 2.51. The van der Waals surface area contributed by atoms with Crippen LogP contribution in [0, 0.1) is 16.7 Å². The van der Waals surface area contributed by atoms with Crippen LogP contribution in [0.5, 0.6) is 0 Å². The van der Waals surface area contributed by atoms with Crippen molar-refractivity contribution < 1.29 is 0 Å². The number of anilines is 1. The molecule has 3 nitrogen and oxygen atoms in total. The number of benzene rings is 1. The van der Waals surface area contributed by atoms with Gasteiger partial charge < -0.3 is 10.2 Å². The molecule has 1 unspecified atom stereocenters. The molecule has 1 aromatic rings. The van der Waals surface area contributed by atoms with E-state index in [1.807, 2.05) is 12.1 Å². The van der Waals surface area contributed by atoms with Gasteiger partial charge in [-0.1, -0.05) is 0 Å². The number of hydrogen-bond donors (Lipinski definition) is 1. The maximum atomic E-state index is 8.89. The lowest BCUT2D eigenvalue weighted by molar-refractivity contribution is 0.369. The summed E-state index contributed by atoms with van der Waals surface area (Å²) in [7, 11) is 0. The Kier molecular flexibility index (Phi) is 3.04. The van der Waals surface area contributed by atoms with E-state index in [-0.39, 0.29) is 0 Å². The summed E-state index contributed by atoms with van der Waals surface area (Å²) in [6.07, 6.45) is 2.56. The minimum Gasteiger partial charge on any atom is -0.370 e. The van der Waals surface area contributed by atoms with E-state index in [0.717, 1.165) is 30.7 Å². The smallest absolute Gasteiger partial charge is 0.0992 e. The lowest BCUT2D eigenvalue weighted by atomic mass is 9.86. The van der Waals surface area contributed by atoms with Crippen LogP contribution in [0.1, 0.15) is 18.4 Å². The highest BCUT2D eigenvalue weighted by atomic mass is 79.9. The van der Waals surface area contributed by atoms with Gasteiger partial charge in [-0.2, -0.15) is 5.26 Å². The summed E-state index contributed by atoms with van der Waals surface area (Å²) < 4.78 is 1.03. The predicted molar refractivity (Wildman–Crippen MR) is 75.6 cm³/mol. The molecule has 0 bridgehead atoms. The quantitative estimate of drug-likeness (QED) is 0.866. The molecular formula is C14H16BrN3. The Morgan fingerprint density at radius 2 is 2.28 bits per heavy atom. The lowest BCUT2D eigenvalue weighted by Gasteiger charge is -2.24. The van der Waals surface area contributed by atoms with Gasteiger partial charge in [0, 0.05) is 29.5 Å². The normalized spacial score (nSPS) is 26.8. The molecule has 2 aliphatic heterocycles. The fourth-order valence-electron chi connectivity index (χ4n) is 3.12. The molecule has 3 rings (SSSR count). The number of nitrogens with one attached hydrogen (secondary N) is 1. The highest BCUT2D eigenvalue weighted by Gasteiger charge is 2.40. The van der Waals surface area contributed by atoms with E-state index in [2.05, 4.69) is 38.3 Å². The molecule has 0 radical (unpaired) electrons. The Bertz CT molecular complexity index is 500. The van der Waals surface area contributed by atoms with Crippen LogP contribution in [-0.4, -0.2) is 26.2 Å². The fourth-order valence-corrected chi connectivity index (χ4v) is 3.75. The van der Waals surface area contributed by atoms with Gasteiger partial charge in [-0.25, -0.2) is 0 Å². The van der Waals surface area contributed by atoms with Crippen molar-refractivity contribution in [1.29, 1.82) is 5.26 Å². The minimum atomic E-state index is 0.480. The van der Waals surface area contributed by atoms with Gasteiger partial charge in [0.2, 0.25) is 0 Å². The van der Waals surface area contributed by atoms with Gasteiger partial charge >= 0.3 is 0 Å². The zero-order valence-electron chi connectivity index (χ0n) is 10.2. The van der Waals surface area contributed by atoms with E-state index in [1.54, 1.807) is 0 Å². The van der Waals surface area contributed by atoms with E-state index in [0.29, 0.717) is 11.0 Å². The molecule has 0 aromatic heterocycles. The summed E-state index contributed by atoms with van der Waals surface area (Å²) >= 11 is 3.59. The first-order valence-corrected chi connectivity index (χ1v) is 7.17. The summed E-state index contributed by atoms with van der Waals surface area (Å²) in [5.41, 5.74) is 2.41. The van der Waals surface area contributed by atoms with Crippen LogP contribution < -0.4 is 10.2 Å². The highest BCUT2D eigenvalue weighted by Crippen LogP contribution is 2.40. The Morgan fingerprint density at radius 3 is 2.94 bits per heavy atom. The molecule has 0 aliphatic carbocycles. The van der Waals surface area contributed by atoms with Gasteiger partial charge in [0.1, 0.15) is 0 Å². The first kappa shape index (κ1) is 12.0. The van der Waals surface area contributed by atoms with Crippen LogP contribution >= 0.6 is 15.9 Å². The molecule has 2 heterocycles. The van der Waals surface area contributed by atoms with Crippen LogP contribution in [0.15, 0.2) is 22.7 Å². The summed E-state index contributed by atoms with van der Waals surface area (Å²) in [6.45, 7) is 4.55. The number of rotatable bonds is 1. The van der Waals surface area contributed by atoms with Crippen molar-refractivity contribution in [3.63, 3.8) is 0 Å². The maximum absolute atomic E-state index is 8.89. The van der Waals surface area contributed by atoms with E-state index in [1.165, 1.54) is 18.5 Å². The molecule has 2 aliphatic rings. The maximum Gasteiger partial charge on any atom is 0.0992 e. The van der Waals surface area contributed by atoms with Gasteiger partial charge in [-0.3, -0.25) is 0 Å². The van der Waals surface area contributed by atoms with Crippen molar-refractivity contribution in [3.8, 4) is 6.07 Å². The third-order valence-corrected chi connectivity index (χ3v) is 4.82. The Balaban J connectivity index is 1.82. The van der Waals surface area contributed by atoms with E-state index >= 15 is 0 Å². The molecule has 18 heavy (non-hydrogen) atoms. The van der Waals surface area contributed by atoms with Gasteiger partial charge in [0.15, 0.2) is 0 Å². The van der Waals surface area contributed by atoms with Crippen molar-refractivity contribution in [2.75, 3.05) is 31.1 Å². The molecule has 2 saturated heterocycles. The zero-order valence-corrected chi connectivity index (χ0v) is 11.8. The van der Waals surface area contributed by atoms with Crippen LogP contribution in [0.25, 0.3) is 0 Å². The van der Waals surface area contributed by atoms with Gasteiger partial charge in [-0.05, 0) is 53.5 Å². The summed E-state index contributed by atoms with van der Waals surface area (Å²) in [5, 5.41) is 12.4. The first-order valence-electron chi connectivity index (χ1n) is 6.38. The molecule has 1 atom stereocenters. The lowest BCUT2D eigenvalue weighted by Crippen LogP contribution is -2.29. The Hall–Kier alpha value is -1.05. The van der Waals surface area contributed by atoms with Crippen molar-refractivity contribution in [2.24, 2.45) is 5.41 Å². The summed E-state index contributed by atoms with van der Waals surface area (Å²) in [6, 6.07) is 8.05. The minimum absolute atomic E-state index is 0.480. The second-order valence-electron chi connectivity index (χ2n) is 5.38. The SMILES string of the molecule is N#Cc1ccc(N2CCC3(CCNC3)C2)c(Br)c1.